The number of hydrogen-bond donors (Lipinski definition) is 0. The Labute approximate surface area is 498 Å². The summed E-state index contributed by atoms with van der Waals surface area (Å²) in [6, 6.07) is 59.3. The Bertz CT molecular complexity index is 2680. The zero-order valence-electron chi connectivity index (χ0n) is 43.7. The number of hydrogen-bond acceptors (Lipinski definition) is 8. The van der Waals surface area contributed by atoms with Crippen molar-refractivity contribution >= 4 is 45.6 Å². The van der Waals surface area contributed by atoms with Crippen LogP contribution in [0.2, 0.25) is 0 Å². The van der Waals surface area contributed by atoms with Crippen LogP contribution in [0.1, 0.15) is 68.2 Å². The molecular formula is C58H68N12W4. The smallest absolute Gasteiger partial charge is 0.229 e. The van der Waals surface area contributed by atoms with Crippen molar-refractivity contribution in [2.45, 2.75) is 94.4 Å². The molecule has 0 aliphatic heterocycles. The molecule has 0 amide bonds. The molecular weight excluding hydrogens is 1600 g/mol. The first-order valence-corrected chi connectivity index (χ1v) is 24.2. The average molecular weight is 1670 g/mol. The largest absolute Gasteiger partial charge is 0.350 e. The number of aryl methyl sites for hydroxylation is 4. The molecule has 8 rings (SSSR count). The summed E-state index contributed by atoms with van der Waals surface area (Å²) in [4.78, 5) is 0. The van der Waals surface area contributed by atoms with E-state index in [1.807, 2.05) is 250 Å². The van der Waals surface area contributed by atoms with Gasteiger partial charge in [0.1, 0.15) is 5.69 Å². The summed E-state index contributed by atoms with van der Waals surface area (Å²) in [5.74, 6) is 0.828. The van der Waals surface area contributed by atoms with Gasteiger partial charge >= 0.3 is 5.82 Å². The third kappa shape index (κ3) is 28.9. The molecule has 74 heavy (non-hydrogen) atoms. The number of nitrogens with zero attached hydrogens (tertiary/aromatic N) is 12. The molecule has 4 aromatic heterocycles. The van der Waals surface area contributed by atoms with Crippen LogP contribution >= 0.6 is 0 Å². The second-order valence-corrected chi connectivity index (χ2v) is 13.7. The molecule has 0 spiro atoms. The van der Waals surface area contributed by atoms with Gasteiger partial charge < -0.3 is 0 Å². The van der Waals surface area contributed by atoms with Crippen LogP contribution in [-0.2, 0) is 110 Å². The van der Waals surface area contributed by atoms with E-state index >= 15 is 0 Å². The maximum atomic E-state index is 4.40. The van der Waals surface area contributed by atoms with Crippen LogP contribution in [0.15, 0.2) is 236 Å². The van der Waals surface area contributed by atoms with E-state index in [0.29, 0.717) is 0 Å². The number of pyridine rings is 4. The third-order valence-electron chi connectivity index (χ3n) is 9.07. The quantitative estimate of drug-likeness (QED) is 0.0521. The van der Waals surface area contributed by atoms with Crippen molar-refractivity contribution in [1.82, 2.24) is 0 Å². The second kappa shape index (κ2) is 46.2. The van der Waals surface area contributed by atoms with Crippen molar-refractivity contribution in [3.05, 3.63) is 219 Å². The molecule has 0 aliphatic rings. The normalized spacial score (nSPS) is 9.84. The van der Waals surface area contributed by atoms with Crippen LogP contribution in [0.4, 0.5) is 45.6 Å². The summed E-state index contributed by atoms with van der Waals surface area (Å²) in [7, 11) is 0. The SMILES string of the molecule is CC.CC.CC.CC.[W].[W].[W].[W].[c-]1ccc(N=Nc2cc[n+](CCC[n+]3cccc(N=Nc4cc[c-]cc4)c3)cc2)cc1.[c-]1ccc(N=Nc2cc[n+](CCC[n+]3ccccc3N=Nc3cc[c-]cc3)cc2)cc1. The number of benzene rings is 4. The molecule has 0 saturated carbocycles. The number of azo groups is 4. The monoisotopic (exact) mass is 1670 g/mol. The third-order valence-corrected chi connectivity index (χ3v) is 9.07. The Balaban J connectivity index is 0. The summed E-state index contributed by atoms with van der Waals surface area (Å²) in [6.07, 6.45) is 16.1. The molecule has 0 saturated heterocycles. The molecule has 8 aromatic rings. The molecule has 12 nitrogen and oxygen atoms in total. The molecule has 0 N–H and O–H groups in total. The van der Waals surface area contributed by atoms with E-state index in [0.717, 1.165) is 84.7 Å². The topological polar surface area (TPSA) is 114 Å². The minimum atomic E-state index is 0. The maximum Gasteiger partial charge on any atom is 0.350 e. The van der Waals surface area contributed by atoms with E-state index in [1.165, 1.54) is 0 Å². The molecule has 4 heterocycles. The van der Waals surface area contributed by atoms with E-state index in [9.17, 15) is 0 Å². The van der Waals surface area contributed by atoms with E-state index in [4.69, 9.17) is 0 Å². The molecule has 0 radical (unpaired) electrons. The maximum absolute atomic E-state index is 4.40. The van der Waals surface area contributed by atoms with Crippen LogP contribution in [0.5, 0.6) is 0 Å². The minimum absolute atomic E-state index is 0. The van der Waals surface area contributed by atoms with Gasteiger partial charge in [0.05, 0.1) is 35.7 Å². The van der Waals surface area contributed by atoms with Gasteiger partial charge in [-0.3, -0.25) is 0 Å². The Hall–Kier alpha value is -5.37. The molecule has 4 aromatic carbocycles. The van der Waals surface area contributed by atoms with Gasteiger partial charge in [0, 0.05) is 133 Å². The summed E-state index contributed by atoms with van der Waals surface area (Å²) in [5, 5.41) is 34.3. The van der Waals surface area contributed by atoms with Gasteiger partial charge in [-0.05, 0) is 29.2 Å². The van der Waals surface area contributed by atoms with Crippen molar-refractivity contribution in [3.63, 3.8) is 0 Å². The van der Waals surface area contributed by atoms with E-state index in [1.54, 1.807) is 0 Å². The summed E-state index contributed by atoms with van der Waals surface area (Å²) in [5.41, 5.74) is 5.73. The standard InChI is InChI=1S/2C25H22N6.4C2H6.4W/c1-3-9-22(10-4-1)26-28-24-14-19-30(20-15-24)17-8-18-31-16-7-13-25(21-31)29-27-23-11-5-2-6-12-23;1-3-10-22(11-4-1)26-27-24-15-20-30(21-16-24)17-9-19-31-18-8-7-14-25(31)29-28-23-12-5-2-6-13-23;4*1-2;;;;/h3-7,9-16,19-21H,8,17-18H2;3-8,10-16,18,20-21H,9,17,19H2;4*1-2H3;;;;. The predicted octanol–water partition coefficient (Wildman–Crippen LogP) is 15.7. The van der Waals surface area contributed by atoms with Crippen LogP contribution < -0.4 is 18.3 Å². The Kier molecular flexibility index (Phi) is 44.1. The molecule has 0 fully saturated rings. The van der Waals surface area contributed by atoms with Gasteiger partial charge in [-0.1, -0.05) is 66.6 Å². The van der Waals surface area contributed by atoms with Crippen molar-refractivity contribution in [3.8, 4) is 0 Å². The van der Waals surface area contributed by atoms with Crippen LogP contribution in [0.3, 0.4) is 0 Å². The fraction of sp³-hybridized carbons (Fsp3) is 0.241. The Morgan fingerprint density at radius 1 is 0.297 bits per heavy atom. The van der Waals surface area contributed by atoms with E-state index in [-0.39, 0.29) is 84.3 Å². The first-order chi connectivity index (χ1) is 34.7. The summed E-state index contributed by atoms with van der Waals surface area (Å²) < 4.78 is 8.53. The fourth-order valence-electron chi connectivity index (χ4n) is 5.88. The van der Waals surface area contributed by atoms with Crippen molar-refractivity contribution in [1.29, 1.82) is 0 Å². The van der Waals surface area contributed by atoms with Gasteiger partial charge in [0.15, 0.2) is 56.8 Å². The first-order valence-electron chi connectivity index (χ1n) is 24.2. The average Bonchev–Trinajstić information content (AvgIpc) is 3.45. The minimum Gasteiger partial charge on any atom is -0.229 e. The molecule has 384 valence electrons. The zero-order chi connectivity index (χ0) is 50.3. The van der Waals surface area contributed by atoms with E-state index in [2.05, 4.69) is 83.4 Å². The second-order valence-electron chi connectivity index (χ2n) is 13.7. The van der Waals surface area contributed by atoms with Gasteiger partial charge in [0.2, 0.25) is 0 Å². The predicted molar refractivity (Wildman–Crippen MR) is 279 cm³/mol. The van der Waals surface area contributed by atoms with Crippen LogP contribution in [0, 0.1) is 24.3 Å². The van der Waals surface area contributed by atoms with Gasteiger partial charge in [-0.25, -0.2) is 18.3 Å². The molecule has 16 heteroatoms. The van der Waals surface area contributed by atoms with E-state index < -0.39 is 0 Å². The van der Waals surface area contributed by atoms with Crippen LogP contribution in [-0.4, -0.2) is 0 Å². The zero-order valence-corrected chi connectivity index (χ0v) is 55.5. The van der Waals surface area contributed by atoms with Crippen molar-refractivity contribution in [2.24, 2.45) is 40.9 Å². The Morgan fingerprint density at radius 2 is 0.622 bits per heavy atom. The fourth-order valence-corrected chi connectivity index (χ4v) is 5.88. The number of rotatable bonds is 16. The van der Waals surface area contributed by atoms with Gasteiger partial charge in [-0.15, -0.1) is 53.6 Å². The first kappa shape index (κ1) is 70.7. The van der Waals surface area contributed by atoms with Crippen LogP contribution in [0.25, 0.3) is 0 Å². The molecule has 0 bridgehead atoms. The van der Waals surface area contributed by atoms with Crippen molar-refractivity contribution < 1.29 is 103 Å². The summed E-state index contributed by atoms with van der Waals surface area (Å²) in [6.45, 7) is 19.5. The Morgan fingerprint density at radius 3 is 1.01 bits per heavy atom. The summed E-state index contributed by atoms with van der Waals surface area (Å²) >= 11 is 0. The van der Waals surface area contributed by atoms with Gasteiger partial charge in [-0.2, -0.15) is 98.4 Å². The molecule has 0 atom stereocenters. The van der Waals surface area contributed by atoms with Crippen molar-refractivity contribution in [2.75, 3.05) is 0 Å². The van der Waals surface area contributed by atoms with Gasteiger partial charge in [0.25, 0.3) is 0 Å². The molecule has 0 aliphatic carbocycles. The molecule has 0 unspecified atom stereocenters. The number of aromatic nitrogens is 4.